The minimum atomic E-state index is -4.10. The van der Waals surface area contributed by atoms with Crippen LogP contribution in [-0.2, 0) is 79.1 Å². The molecule has 4 heterocycles. The van der Waals surface area contributed by atoms with Gasteiger partial charge >= 0.3 is 0 Å². The molecule has 0 aliphatic rings. The number of sulfonamides is 2. The first-order chi connectivity index (χ1) is 36.7. The van der Waals surface area contributed by atoms with Crippen LogP contribution < -0.4 is 18.9 Å². The molecule has 78 heavy (non-hydrogen) atoms. The summed E-state index contributed by atoms with van der Waals surface area (Å²) >= 11 is 0. The van der Waals surface area contributed by atoms with Gasteiger partial charge in [0.15, 0.2) is 23.3 Å². The number of nitrogens with zero attached hydrogens (tertiary/aromatic N) is 8. The molecule has 0 amide bonds. The lowest BCUT2D eigenvalue weighted by atomic mass is 10.2. The minimum absolute atomic E-state index is 0.0182. The lowest BCUT2D eigenvalue weighted by Gasteiger charge is -2.16. The van der Waals surface area contributed by atoms with E-state index in [0.717, 1.165) is 60.7 Å². The lowest BCUT2D eigenvalue weighted by molar-refractivity contribution is 0.414. The lowest BCUT2D eigenvalue weighted by Crippen LogP contribution is -2.35. The zero-order valence-corrected chi connectivity index (χ0v) is 46.6. The summed E-state index contributed by atoms with van der Waals surface area (Å²) in [6, 6.07) is 14.3. The van der Waals surface area contributed by atoms with Crippen LogP contribution in [0.1, 0.15) is 87.8 Å². The van der Waals surface area contributed by atoms with Gasteiger partial charge in [0, 0.05) is 38.8 Å². The normalized spacial score (nSPS) is 13.2. The fourth-order valence-electron chi connectivity index (χ4n) is 6.55. The molecule has 0 aliphatic heterocycles. The number of aromatic nitrogens is 8. The highest BCUT2D eigenvalue weighted by atomic mass is 32.2. The number of ether oxygens (including phenoxy) is 2. The largest absolute Gasteiger partial charge is 0.497 e. The number of methoxy groups -OCH3 is 2. The van der Waals surface area contributed by atoms with E-state index in [9.17, 15) is 51.2 Å². The topological polar surface area (TPSA) is 323 Å². The summed E-state index contributed by atoms with van der Waals surface area (Å²) in [6.45, 7) is 7.19. The third-order valence-electron chi connectivity index (χ3n) is 11.2. The summed E-state index contributed by atoms with van der Waals surface area (Å²) in [6.07, 6.45) is 9.50. The molecule has 0 radical (unpaired) electrons. The Hall–Kier alpha value is -6.28. The van der Waals surface area contributed by atoms with E-state index < -0.39 is 84.6 Å². The van der Waals surface area contributed by atoms with Gasteiger partial charge in [-0.1, -0.05) is 52.0 Å². The van der Waals surface area contributed by atoms with Crippen molar-refractivity contribution in [3.05, 3.63) is 156 Å². The van der Waals surface area contributed by atoms with Gasteiger partial charge in [-0.2, -0.15) is 16.8 Å². The van der Waals surface area contributed by atoms with Crippen LogP contribution in [-0.4, -0.2) is 118 Å². The number of hydrogen-bond donors (Lipinski definition) is 4. The second kappa shape index (κ2) is 32.0. The van der Waals surface area contributed by atoms with E-state index in [0.29, 0.717) is 36.0 Å². The van der Waals surface area contributed by atoms with Crippen molar-refractivity contribution in [3.8, 4) is 11.5 Å². The van der Waals surface area contributed by atoms with E-state index in [1.54, 1.807) is 90.4 Å². The maximum Gasteiger partial charge on any atom is 0.268 e. The summed E-state index contributed by atoms with van der Waals surface area (Å²) in [5.74, 6) is 0.151. The van der Waals surface area contributed by atoms with E-state index in [-0.39, 0.29) is 63.3 Å². The second-order valence-corrected chi connectivity index (χ2v) is 24.1. The predicted octanol–water partition coefficient (Wildman–Crippen LogP) is 5.78. The molecule has 0 saturated heterocycles. The average molecular weight is 1180 g/mol. The van der Waals surface area contributed by atoms with Crippen LogP contribution in [0, 0.1) is 23.3 Å². The van der Waals surface area contributed by atoms with E-state index in [1.807, 2.05) is 0 Å². The molecule has 6 rings (SSSR count). The number of benzene rings is 2. The fraction of sp³-hybridized carbons (Fsp3) is 0.417. The smallest absolute Gasteiger partial charge is 0.268 e. The molecular weight excluding hydrogens is 1110 g/mol. The summed E-state index contributed by atoms with van der Waals surface area (Å²) in [5.41, 5.74) is 1.65. The van der Waals surface area contributed by atoms with Crippen LogP contribution in [0.3, 0.4) is 0 Å². The molecule has 4 aromatic heterocycles. The Kier molecular flexibility index (Phi) is 27.0. The van der Waals surface area contributed by atoms with Crippen molar-refractivity contribution in [2.75, 3.05) is 14.2 Å². The molecule has 0 unspecified atom stereocenters. The molecule has 0 bridgehead atoms. The highest BCUT2D eigenvalue weighted by molar-refractivity contribution is 7.90. The van der Waals surface area contributed by atoms with Crippen molar-refractivity contribution >= 4 is 40.3 Å². The van der Waals surface area contributed by atoms with Crippen molar-refractivity contribution in [2.24, 2.45) is 0 Å². The molecule has 0 fully saturated rings. The third kappa shape index (κ3) is 23.8. The predicted molar refractivity (Wildman–Crippen MR) is 280 cm³/mol. The van der Waals surface area contributed by atoms with Crippen molar-refractivity contribution in [3.63, 3.8) is 0 Å². The first-order valence-corrected chi connectivity index (χ1v) is 29.9. The first kappa shape index (κ1) is 66.0. The van der Waals surface area contributed by atoms with Gasteiger partial charge in [-0.3, -0.25) is 9.11 Å². The zero-order valence-electron chi connectivity index (χ0n) is 43.3. The number of hydrogen-bond acceptors (Lipinski definition) is 18. The van der Waals surface area contributed by atoms with Crippen molar-refractivity contribution in [2.45, 2.75) is 113 Å². The van der Waals surface area contributed by atoms with Crippen LogP contribution >= 0.6 is 0 Å². The quantitative estimate of drug-likeness (QED) is 0.0412. The molecule has 4 atom stereocenters. The van der Waals surface area contributed by atoms with Gasteiger partial charge in [0.25, 0.3) is 20.2 Å². The van der Waals surface area contributed by atoms with E-state index in [2.05, 4.69) is 49.3 Å². The standard InChI is InChI=1S/2C16H20FN3O3S.2C8H11FN2O3S/c2*1-3-15(8-16-18-10-13(17)11-19-16)24(21,22)20-9-12-4-6-14(23-2)7-5-12;2*1-2-7(15(12,13)14)3-8-10-4-6(9)5-11-8/h2*4-7,10-11,15,20H,3,8-9H2,1-2H3;2*4-5,7H,2-3H2,1H3,(H,12,13,14)/t2*15-;2*7-/m1010/s1. The van der Waals surface area contributed by atoms with E-state index in [4.69, 9.17) is 18.6 Å². The molecule has 4 N–H and O–H groups in total. The first-order valence-electron chi connectivity index (χ1n) is 23.8. The van der Waals surface area contributed by atoms with Crippen LogP contribution in [0.4, 0.5) is 17.6 Å². The van der Waals surface area contributed by atoms with E-state index in [1.165, 1.54) is 0 Å². The zero-order chi connectivity index (χ0) is 58.1. The Labute approximate surface area is 452 Å². The van der Waals surface area contributed by atoms with Gasteiger partial charge in [-0.15, -0.1) is 0 Å². The molecular formula is C48H62F4N10O12S4. The molecule has 428 valence electrons. The van der Waals surface area contributed by atoms with Crippen molar-refractivity contribution in [1.29, 1.82) is 0 Å². The minimum Gasteiger partial charge on any atom is -0.497 e. The Morgan fingerprint density at radius 3 is 0.821 bits per heavy atom. The van der Waals surface area contributed by atoms with Gasteiger partial charge < -0.3 is 9.47 Å². The molecule has 0 saturated carbocycles. The molecule has 30 heteroatoms. The Morgan fingerprint density at radius 2 is 0.628 bits per heavy atom. The molecule has 6 aromatic rings. The Bertz CT molecular complexity index is 2970. The van der Waals surface area contributed by atoms with Crippen LogP contribution in [0.15, 0.2) is 98.1 Å². The molecule has 22 nitrogen and oxygen atoms in total. The van der Waals surface area contributed by atoms with Crippen molar-refractivity contribution < 1.29 is 69.8 Å². The fourth-order valence-corrected chi connectivity index (χ4v) is 10.9. The number of rotatable bonds is 24. The van der Waals surface area contributed by atoms with Gasteiger partial charge in [0.05, 0.1) is 84.8 Å². The van der Waals surface area contributed by atoms with Gasteiger partial charge in [0.1, 0.15) is 34.8 Å². The maximum absolute atomic E-state index is 12.8. The Balaban J connectivity index is 0.000000280. The third-order valence-corrected chi connectivity index (χ3v) is 17.7. The molecule has 2 aromatic carbocycles. The summed E-state index contributed by atoms with van der Waals surface area (Å²) < 4.78 is 177. The average Bonchev–Trinajstić information content (AvgIpc) is 3.42. The van der Waals surface area contributed by atoms with Gasteiger partial charge in [-0.25, -0.2) is 83.7 Å². The second-order valence-electron chi connectivity index (χ2n) is 16.7. The molecule has 0 aliphatic carbocycles. The summed E-state index contributed by atoms with van der Waals surface area (Å²) in [4.78, 5) is 29.8. The highest BCUT2D eigenvalue weighted by Gasteiger charge is 2.27. The van der Waals surface area contributed by atoms with Crippen LogP contribution in [0.5, 0.6) is 11.5 Å². The van der Waals surface area contributed by atoms with Gasteiger partial charge in [-0.05, 0) is 61.1 Å². The SMILES string of the molecule is CC[C@@H](Cc1ncc(F)cn1)S(=O)(=O)NCc1ccc(OC)cc1.CC[C@@H](Cc1ncc(F)cn1)S(=O)(=O)O.CC[C@H](Cc1ncc(F)cn1)S(=O)(=O)NCc1ccc(OC)cc1.CC[C@H](Cc1ncc(F)cn1)S(=O)(=O)O. The number of nitrogens with one attached hydrogen (secondary N) is 2. The summed E-state index contributed by atoms with van der Waals surface area (Å²) in [5, 5.41) is -3.24. The van der Waals surface area contributed by atoms with Crippen LogP contribution in [0.25, 0.3) is 0 Å². The van der Waals surface area contributed by atoms with E-state index >= 15 is 0 Å². The highest BCUT2D eigenvalue weighted by Crippen LogP contribution is 2.17. The van der Waals surface area contributed by atoms with Crippen molar-refractivity contribution in [1.82, 2.24) is 49.3 Å². The monoisotopic (exact) mass is 1170 g/mol. The molecule has 0 spiro atoms. The number of halogens is 4. The van der Waals surface area contributed by atoms with Crippen LogP contribution in [0.2, 0.25) is 0 Å². The maximum atomic E-state index is 12.8. The van der Waals surface area contributed by atoms with Gasteiger partial charge in [0.2, 0.25) is 20.0 Å². The summed E-state index contributed by atoms with van der Waals surface area (Å²) in [7, 11) is -12.2. The Morgan fingerprint density at radius 1 is 0.410 bits per heavy atom.